The van der Waals surface area contributed by atoms with Gasteiger partial charge in [-0.25, -0.2) is 15.0 Å². The summed E-state index contributed by atoms with van der Waals surface area (Å²) < 4.78 is 2.07. The van der Waals surface area contributed by atoms with E-state index in [-0.39, 0.29) is 29.1 Å². The highest BCUT2D eigenvalue weighted by atomic mass is 32.1. The minimum absolute atomic E-state index is 0.0122. The number of fused-ring (bicyclic) bond motifs is 3. The topological polar surface area (TPSA) is 128 Å². The number of amides is 1. The van der Waals surface area contributed by atoms with Gasteiger partial charge in [0.1, 0.15) is 22.9 Å². The van der Waals surface area contributed by atoms with Crippen molar-refractivity contribution in [2.75, 3.05) is 5.73 Å². The molecule has 2 aliphatic rings. The van der Waals surface area contributed by atoms with Crippen LogP contribution in [0.1, 0.15) is 69.3 Å². The zero-order valence-electron chi connectivity index (χ0n) is 22.6. The van der Waals surface area contributed by atoms with Gasteiger partial charge in [-0.15, -0.1) is 11.3 Å². The third-order valence-electron chi connectivity index (χ3n) is 8.70. The van der Waals surface area contributed by atoms with E-state index in [4.69, 9.17) is 10.7 Å². The number of aromatic nitrogens is 5. The van der Waals surface area contributed by atoms with Crippen molar-refractivity contribution in [2.45, 2.75) is 56.4 Å². The summed E-state index contributed by atoms with van der Waals surface area (Å²) >= 11 is 1.36. The molecular formula is C31H29N7O2S. The lowest BCUT2D eigenvalue weighted by Gasteiger charge is -2.28. The number of carbonyl (C=O) groups is 2. The fourth-order valence-electron chi connectivity index (χ4n) is 6.73. The van der Waals surface area contributed by atoms with Crippen LogP contribution < -0.4 is 11.1 Å². The van der Waals surface area contributed by atoms with E-state index >= 15 is 0 Å². The van der Waals surface area contributed by atoms with Gasteiger partial charge >= 0.3 is 0 Å². The molecule has 1 amide bonds. The van der Waals surface area contributed by atoms with E-state index in [1.807, 2.05) is 54.9 Å². The zero-order valence-corrected chi connectivity index (χ0v) is 23.4. The van der Waals surface area contributed by atoms with Crippen molar-refractivity contribution in [3.63, 3.8) is 0 Å². The predicted molar refractivity (Wildman–Crippen MR) is 157 cm³/mol. The maximum atomic E-state index is 13.0. The lowest BCUT2D eigenvalue weighted by molar-refractivity contribution is 0.0900. The van der Waals surface area contributed by atoms with Crippen LogP contribution in [0.2, 0.25) is 0 Å². The van der Waals surface area contributed by atoms with Crippen LogP contribution in [0.4, 0.5) is 5.82 Å². The molecule has 7 rings (SSSR count). The van der Waals surface area contributed by atoms with Gasteiger partial charge in [-0.2, -0.15) is 0 Å². The highest BCUT2D eigenvalue weighted by Gasteiger charge is 2.57. The summed E-state index contributed by atoms with van der Waals surface area (Å²) in [5.74, 6) is 1.26. The van der Waals surface area contributed by atoms with E-state index < -0.39 is 0 Å². The maximum Gasteiger partial charge on any atom is 0.280 e. The normalized spacial score (nSPS) is 21.4. The van der Waals surface area contributed by atoms with E-state index in [9.17, 15) is 9.59 Å². The van der Waals surface area contributed by atoms with Crippen molar-refractivity contribution in [3.8, 4) is 11.3 Å². The molecule has 41 heavy (non-hydrogen) atoms. The first kappa shape index (κ1) is 25.5. The molecule has 0 unspecified atom stereocenters. The summed E-state index contributed by atoms with van der Waals surface area (Å²) in [5, 5.41) is 5.63. The van der Waals surface area contributed by atoms with Crippen LogP contribution in [0.25, 0.3) is 16.8 Å². The Morgan fingerprint density at radius 1 is 1.02 bits per heavy atom. The number of benzene rings is 1. The molecule has 2 aliphatic carbocycles. The highest BCUT2D eigenvalue weighted by Crippen LogP contribution is 2.57. The summed E-state index contributed by atoms with van der Waals surface area (Å²) in [4.78, 5) is 43.9. The van der Waals surface area contributed by atoms with Gasteiger partial charge < -0.3 is 11.1 Å². The first-order valence-corrected chi connectivity index (χ1v) is 14.6. The second kappa shape index (κ2) is 9.59. The third-order valence-corrected chi connectivity index (χ3v) is 9.47. The molecule has 10 heteroatoms. The van der Waals surface area contributed by atoms with E-state index in [1.54, 1.807) is 18.6 Å². The molecule has 206 valence electrons. The van der Waals surface area contributed by atoms with Crippen molar-refractivity contribution >= 4 is 34.4 Å². The van der Waals surface area contributed by atoms with Gasteiger partial charge in [-0.3, -0.25) is 19.0 Å². The molecule has 3 N–H and O–H groups in total. The Labute approximate surface area is 240 Å². The minimum Gasteiger partial charge on any atom is -0.382 e. The van der Waals surface area contributed by atoms with Gasteiger partial charge in [0.2, 0.25) is 0 Å². The van der Waals surface area contributed by atoms with E-state index in [2.05, 4.69) is 24.7 Å². The average Bonchev–Trinajstić information content (AvgIpc) is 3.76. The summed E-state index contributed by atoms with van der Waals surface area (Å²) in [6.07, 6.45) is 11.7. The standard InChI is InChI=1S/C31H29N7O2S/c1-19-6-11-33-22(16-19)17-23(39)20-2-4-21(5-3-20)24-25-26(32)34-12-14-38(25)29(36-24)30-7-9-31(18-30,10-8-30)37-27(40)28-35-13-15-41-28/h2-6,11-16H,7-10,17-18H2,1H3,(H2,32,34)(H,37,40). The fraction of sp³-hybridized carbons (Fsp3) is 0.290. The maximum absolute atomic E-state index is 13.0. The summed E-state index contributed by atoms with van der Waals surface area (Å²) in [6, 6.07) is 11.4. The quantitative estimate of drug-likeness (QED) is 0.268. The molecule has 4 aromatic heterocycles. The van der Waals surface area contributed by atoms with E-state index in [1.165, 1.54) is 11.3 Å². The number of anilines is 1. The van der Waals surface area contributed by atoms with Gasteiger partial charge in [-0.1, -0.05) is 24.3 Å². The van der Waals surface area contributed by atoms with Crippen molar-refractivity contribution in [1.82, 2.24) is 29.7 Å². The van der Waals surface area contributed by atoms with Crippen molar-refractivity contribution in [2.24, 2.45) is 0 Å². The van der Waals surface area contributed by atoms with Crippen LogP contribution in [-0.4, -0.2) is 41.6 Å². The van der Waals surface area contributed by atoms with Crippen LogP contribution >= 0.6 is 11.3 Å². The largest absolute Gasteiger partial charge is 0.382 e. The highest BCUT2D eigenvalue weighted by molar-refractivity contribution is 7.11. The number of rotatable bonds is 7. The number of nitrogens with one attached hydrogen (secondary N) is 1. The smallest absolute Gasteiger partial charge is 0.280 e. The lowest BCUT2D eigenvalue weighted by atomic mass is 9.83. The molecule has 5 aromatic rings. The lowest BCUT2D eigenvalue weighted by Crippen LogP contribution is -2.44. The van der Waals surface area contributed by atoms with Crippen LogP contribution in [0.3, 0.4) is 0 Å². The average molecular weight is 564 g/mol. The Hall–Kier alpha value is -4.44. The van der Waals surface area contributed by atoms with Crippen molar-refractivity contribution in [1.29, 1.82) is 0 Å². The minimum atomic E-state index is -0.262. The SMILES string of the molecule is Cc1ccnc(CC(=O)c2ccc(-c3nc(C45CCC(NC(=O)c6nccs6)(CC4)C5)n4ccnc(N)c34)cc2)c1. The molecule has 2 saturated carbocycles. The number of hydrogen-bond donors (Lipinski definition) is 2. The third kappa shape index (κ3) is 4.39. The van der Waals surface area contributed by atoms with Crippen LogP contribution in [0, 0.1) is 6.92 Å². The Morgan fingerprint density at radius 3 is 2.56 bits per heavy atom. The number of nitrogen functional groups attached to an aromatic ring is 1. The van der Waals surface area contributed by atoms with Gasteiger partial charge in [-0.05, 0) is 56.7 Å². The number of hydrogen-bond acceptors (Lipinski definition) is 8. The number of ketones is 1. The molecule has 2 fully saturated rings. The predicted octanol–water partition coefficient (Wildman–Crippen LogP) is 4.95. The Morgan fingerprint density at radius 2 is 1.83 bits per heavy atom. The second-order valence-electron chi connectivity index (χ2n) is 11.3. The summed E-state index contributed by atoms with van der Waals surface area (Å²) in [6.45, 7) is 1.99. The first-order chi connectivity index (χ1) is 19.8. The van der Waals surface area contributed by atoms with Gasteiger partial charge in [0.15, 0.2) is 10.8 Å². The number of carbonyl (C=O) groups excluding carboxylic acids is 2. The molecule has 9 nitrogen and oxygen atoms in total. The van der Waals surface area contributed by atoms with Crippen molar-refractivity contribution < 1.29 is 9.59 Å². The Bertz CT molecular complexity index is 1790. The molecule has 0 saturated heterocycles. The number of nitrogens with two attached hydrogens (primary N) is 1. The van der Waals surface area contributed by atoms with Gasteiger partial charge in [0.05, 0.1) is 6.42 Å². The second-order valence-corrected chi connectivity index (χ2v) is 12.2. The molecular weight excluding hydrogens is 534 g/mol. The van der Waals surface area contributed by atoms with Crippen LogP contribution in [-0.2, 0) is 11.8 Å². The molecule has 2 bridgehead atoms. The fourth-order valence-corrected chi connectivity index (χ4v) is 7.26. The Balaban J connectivity index is 1.19. The molecule has 1 aromatic carbocycles. The molecule has 0 atom stereocenters. The monoisotopic (exact) mass is 563 g/mol. The van der Waals surface area contributed by atoms with Gasteiger partial charge in [0.25, 0.3) is 5.91 Å². The molecule has 0 spiro atoms. The van der Waals surface area contributed by atoms with Gasteiger partial charge in [0, 0.05) is 57.9 Å². The Kier molecular flexibility index (Phi) is 5.97. The van der Waals surface area contributed by atoms with Crippen LogP contribution in [0.5, 0.6) is 0 Å². The number of aryl methyl sites for hydroxylation is 1. The summed E-state index contributed by atoms with van der Waals surface area (Å²) in [7, 11) is 0. The van der Waals surface area contributed by atoms with Crippen molar-refractivity contribution in [3.05, 3.63) is 94.2 Å². The number of imidazole rings is 1. The molecule has 4 heterocycles. The zero-order chi connectivity index (χ0) is 28.2. The number of Topliss-reactive ketones (excluding diaryl/α,β-unsaturated/α-hetero) is 1. The molecule has 0 radical (unpaired) electrons. The van der Waals surface area contributed by atoms with E-state index in [0.29, 0.717) is 16.4 Å². The van der Waals surface area contributed by atoms with Crippen LogP contribution in [0.15, 0.2) is 66.6 Å². The molecule has 0 aliphatic heterocycles. The summed E-state index contributed by atoms with van der Waals surface area (Å²) in [5.41, 5.74) is 10.8. The van der Waals surface area contributed by atoms with E-state index in [0.717, 1.165) is 66.0 Å². The number of nitrogens with zero attached hydrogens (tertiary/aromatic N) is 5. The first-order valence-electron chi connectivity index (χ1n) is 13.8. The number of thiazole rings is 1. The number of pyridine rings is 1.